The summed E-state index contributed by atoms with van der Waals surface area (Å²) in [4.78, 5) is 0. The van der Waals surface area contributed by atoms with Crippen LogP contribution in [0.4, 0.5) is 0 Å². The van der Waals surface area contributed by atoms with Gasteiger partial charge in [-0.15, -0.1) is 0 Å². The SMILES string of the molecule is CCCCCCC(C)[C@H](CC)SSC(C)(C)C. The minimum atomic E-state index is 0.389. The molecule has 0 N–H and O–H groups in total. The van der Waals surface area contributed by atoms with Crippen LogP contribution in [0.5, 0.6) is 0 Å². The molecule has 0 heterocycles. The summed E-state index contributed by atoms with van der Waals surface area (Å²) in [6, 6.07) is 0. The highest BCUT2D eigenvalue weighted by Crippen LogP contribution is 2.42. The molecule has 2 heteroatoms. The van der Waals surface area contributed by atoms with Crippen molar-refractivity contribution in [1.29, 1.82) is 0 Å². The van der Waals surface area contributed by atoms with Gasteiger partial charge >= 0.3 is 0 Å². The topological polar surface area (TPSA) is 0 Å². The van der Waals surface area contributed by atoms with E-state index in [1.54, 1.807) is 0 Å². The number of hydrogen-bond acceptors (Lipinski definition) is 2. The minimum absolute atomic E-state index is 0.389. The van der Waals surface area contributed by atoms with Crippen molar-refractivity contribution in [3.8, 4) is 0 Å². The fourth-order valence-corrected chi connectivity index (χ4v) is 4.94. The number of unbranched alkanes of at least 4 members (excludes halogenated alkanes) is 3. The molecule has 104 valence electrons. The summed E-state index contributed by atoms with van der Waals surface area (Å²) in [6.07, 6.45) is 8.33. The number of hydrogen-bond donors (Lipinski definition) is 0. The molecule has 0 aliphatic carbocycles. The smallest absolute Gasteiger partial charge is 0.0179 e. The summed E-state index contributed by atoms with van der Waals surface area (Å²) in [5.41, 5.74) is 0. The van der Waals surface area contributed by atoms with Gasteiger partial charge in [-0.2, -0.15) is 0 Å². The summed E-state index contributed by atoms with van der Waals surface area (Å²) in [7, 11) is 4.17. The maximum Gasteiger partial charge on any atom is 0.0179 e. The summed E-state index contributed by atoms with van der Waals surface area (Å²) in [6.45, 7) is 14.0. The van der Waals surface area contributed by atoms with E-state index in [2.05, 4.69) is 63.1 Å². The Kier molecular flexibility index (Phi) is 10.0. The van der Waals surface area contributed by atoms with E-state index in [1.807, 2.05) is 0 Å². The van der Waals surface area contributed by atoms with Crippen LogP contribution < -0.4 is 0 Å². The Morgan fingerprint density at radius 2 is 1.65 bits per heavy atom. The summed E-state index contributed by atoms with van der Waals surface area (Å²) in [5, 5.41) is 0.834. The molecule has 0 radical (unpaired) electrons. The zero-order valence-electron chi connectivity index (χ0n) is 12.7. The monoisotopic (exact) mass is 276 g/mol. The van der Waals surface area contributed by atoms with Crippen molar-refractivity contribution < 1.29 is 0 Å². The van der Waals surface area contributed by atoms with Crippen LogP contribution in [0.15, 0.2) is 0 Å². The second kappa shape index (κ2) is 9.61. The van der Waals surface area contributed by atoms with Gasteiger partial charge in [-0.1, -0.05) is 88.8 Å². The van der Waals surface area contributed by atoms with Gasteiger partial charge in [-0.25, -0.2) is 0 Å². The van der Waals surface area contributed by atoms with Gasteiger partial charge in [0.2, 0.25) is 0 Å². The van der Waals surface area contributed by atoms with Crippen molar-refractivity contribution in [3.63, 3.8) is 0 Å². The molecular formula is C15H32S2. The van der Waals surface area contributed by atoms with Gasteiger partial charge in [-0.3, -0.25) is 0 Å². The van der Waals surface area contributed by atoms with E-state index in [0.29, 0.717) is 4.75 Å². The molecular weight excluding hydrogens is 244 g/mol. The first kappa shape index (κ1) is 17.7. The molecule has 0 aromatic carbocycles. The Balaban J connectivity index is 3.83. The normalized spacial score (nSPS) is 15.9. The van der Waals surface area contributed by atoms with E-state index in [9.17, 15) is 0 Å². The van der Waals surface area contributed by atoms with Crippen LogP contribution in [-0.4, -0.2) is 10.00 Å². The zero-order valence-corrected chi connectivity index (χ0v) is 14.3. The lowest BCUT2D eigenvalue weighted by molar-refractivity contribution is 0.467. The Labute approximate surface area is 117 Å². The highest BCUT2D eigenvalue weighted by molar-refractivity contribution is 8.77. The predicted octanol–water partition coefficient (Wildman–Crippen LogP) is 6.55. The molecule has 0 aliphatic rings. The minimum Gasteiger partial charge on any atom is -0.0899 e. The summed E-state index contributed by atoms with van der Waals surface area (Å²) >= 11 is 0. The van der Waals surface area contributed by atoms with Gasteiger partial charge < -0.3 is 0 Å². The van der Waals surface area contributed by atoms with Gasteiger partial charge in [0.15, 0.2) is 0 Å². The van der Waals surface area contributed by atoms with Gasteiger partial charge in [0.25, 0.3) is 0 Å². The van der Waals surface area contributed by atoms with Gasteiger partial charge in [0, 0.05) is 10.00 Å². The average molecular weight is 277 g/mol. The molecule has 0 amide bonds. The van der Waals surface area contributed by atoms with E-state index < -0.39 is 0 Å². The molecule has 0 aromatic rings. The van der Waals surface area contributed by atoms with Crippen molar-refractivity contribution in [3.05, 3.63) is 0 Å². The van der Waals surface area contributed by atoms with E-state index in [1.165, 1.54) is 38.5 Å². The first-order valence-electron chi connectivity index (χ1n) is 7.25. The zero-order chi connectivity index (χ0) is 13.3. The van der Waals surface area contributed by atoms with Crippen molar-refractivity contribution in [2.24, 2.45) is 5.92 Å². The van der Waals surface area contributed by atoms with Gasteiger partial charge in [-0.05, 0) is 18.8 Å². The molecule has 0 aliphatic heterocycles. The standard InChI is InChI=1S/C15H32S2/c1-7-9-10-11-12-13(3)14(8-2)16-17-15(4,5)6/h13-14H,7-12H2,1-6H3/t13?,14-/m0/s1. The van der Waals surface area contributed by atoms with Crippen molar-refractivity contribution in [2.75, 3.05) is 0 Å². The first-order chi connectivity index (χ1) is 7.90. The van der Waals surface area contributed by atoms with Crippen molar-refractivity contribution in [2.45, 2.75) is 90.1 Å². The molecule has 0 aromatic heterocycles. The predicted molar refractivity (Wildman–Crippen MR) is 86.9 cm³/mol. The molecule has 0 bridgehead atoms. The van der Waals surface area contributed by atoms with Crippen LogP contribution in [0.1, 0.15) is 80.1 Å². The third-order valence-electron chi connectivity index (χ3n) is 2.97. The molecule has 0 saturated carbocycles. The maximum atomic E-state index is 2.44. The Morgan fingerprint density at radius 1 is 1.00 bits per heavy atom. The molecule has 0 nitrogen and oxygen atoms in total. The van der Waals surface area contributed by atoms with Crippen LogP contribution in [0.2, 0.25) is 0 Å². The molecule has 0 spiro atoms. The fraction of sp³-hybridized carbons (Fsp3) is 1.00. The van der Waals surface area contributed by atoms with E-state index in [4.69, 9.17) is 0 Å². The van der Waals surface area contributed by atoms with Crippen LogP contribution in [0.3, 0.4) is 0 Å². The fourth-order valence-electron chi connectivity index (χ4n) is 1.85. The molecule has 17 heavy (non-hydrogen) atoms. The summed E-state index contributed by atoms with van der Waals surface area (Å²) in [5.74, 6) is 0.872. The third kappa shape index (κ3) is 10.3. The summed E-state index contributed by atoms with van der Waals surface area (Å²) < 4.78 is 0.389. The van der Waals surface area contributed by atoms with E-state index in [-0.39, 0.29) is 0 Å². The van der Waals surface area contributed by atoms with E-state index in [0.717, 1.165) is 11.2 Å². The molecule has 0 fully saturated rings. The lowest BCUT2D eigenvalue weighted by Gasteiger charge is -2.25. The van der Waals surface area contributed by atoms with Crippen LogP contribution in [-0.2, 0) is 0 Å². The molecule has 1 unspecified atom stereocenters. The second-order valence-corrected chi connectivity index (χ2v) is 9.33. The quantitative estimate of drug-likeness (QED) is 0.346. The van der Waals surface area contributed by atoms with Crippen LogP contribution in [0.25, 0.3) is 0 Å². The first-order valence-corrected chi connectivity index (χ1v) is 9.46. The number of rotatable bonds is 9. The van der Waals surface area contributed by atoms with Gasteiger partial charge in [0.1, 0.15) is 0 Å². The second-order valence-electron chi connectivity index (χ2n) is 6.07. The Hall–Kier alpha value is 0.700. The average Bonchev–Trinajstić information content (AvgIpc) is 2.23. The van der Waals surface area contributed by atoms with Crippen LogP contribution in [0, 0.1) is 5.92 Å². The van der Waals surface area contributed by atoms with Gasteiger partial charge in [0.05, 0.1) is 0 Å². The van der Waals surface area contributed by atoms with E-state index >= 15 is 0 Å². The highest BCUT2D eigenvalue weighted by atomic mass is 33.1. The Morgan fingerprint density at radius 3 is 2.12 bits per heavy atom. The third-order valence-corrected chi connectivity index (χ3v) is 7.14. The highest BCUT2D eigenvalue weighted by Gasteiger charge is 2.20. The largest absolute Gasteiger partial charge is 0.0899 e. The van der Waals surface area contributed by atoms with Crippen molar-refractivity contribution >= 4 is 21.6 Å². The molecule has 2 atom stereocenters. The Bertz CT molecular complexity index is 172. The maximum absolute atomic E-state index is 2.44. The van der Waals surface area contributed by atoms with Crippen LogP contribution >= 0.6 is 21.6 Å². The lowest BCUT2D eigenvalue weighted by atomic mass is 9.98. The molecule has 0 rings (SSSR count). The lowest BCUT2D eigenvalue weighted by Crippen LogP contribution is -2.14. The molecule has 0 saturated heterocycles. The van der Waals surface area contributed by atoms with Crippen molar-refractivity contribution in [1.82, 2.24) is 0 Å².